The predicted molar refractivity (Wildman–Crippen MR) is 306 cm³/mol. The zero-order chi connectivity index (χ0) is 50.7. The number of hydrogen-bond donors (Lipinski definition) is 3. The first-order valence-electron chi connectivity index (χ1n) is 31.3. The minimum absolute atomic E-state index is 0.00147. The second-order valence-corrected chi connectivity index (χ2v) is 21.4. The Bertz CT molecular complexity index is 1130. The van der Waals surface area contributed by atoms with Gasteiger partial charge in [0, 0.05) is 12.8 Å². The van der Waals surface area contributed by atoms with E-state index in [1.54, 1.807) is 6.08 Å². The Balaban J connectivity index is 3.41. The van der Waals surface area contributed by atoms with Crippen LogP contribution < -0.4 is 5.32 Å². The fourth-order valence-corrected chi connectivity index (χ4v) is 9.61. The van der Waals surface area contributed by atoms with Gasteiger partial charge in [-0.1, -0.05) is 301 Å². The molecule has 0 rings (SSSR count). The molecule has 2 atom stereocenters. The summed E-state index contributed by atoms with van der Waals surface area (Å²) in [5.41, 5.74) is 0. The summed E-state index contributed by atoms with van der Waals surface area (Å²) in [6, 6.07) is -0.628. The van der Waals surface area contributed by atoms with Crippen molar-refractivity contribution in [1.82, 2.24) is 5.32 Å². The van der Waals surface area contributed by atoms with E-state index in [2.05, 4.69) is 43.5 Å². The zero-order valence-electron chi connectivity index (χ0n) is 47.0. The maximum Gasteiger partial charge on any atom is 0.305 e. The molecule has 0 saturated carbocycles. The molecule has 6 heteroatoms. The molecule has 0 saturated heterocycles. The summed E-state index contributed by atoms with van der Waals surface area (Å²) in [5.74, 6) is -0.0672. The van der Waals surface area contributed by atoms with Crippen LogP contribution in [-0.4, -0.2) is 47.4 Å². The number of carbonyl (C=O) groups excluding carboxylic acids is 2. The lowest BCUT2D eigenvalue weighted by Crippen LogP contribution is -2.45. The summed E-state index contributed by atoms with van der Waals surface area (Å²) in [6.45, 7) is 4.85. The third-order valence-corrected chi connectivity index (χ3v) is 14.4. The highest BCUT2D eigenvalue weighted by Crippen LogP contribution is 2.18. The normalized spacial score (nSPS) is 12.8. The number of carbonyl (C=O) groups is 2. The molecular weight excluding hydrogens is 863 g/mol. The van der Waals surface area contributed by atoms with Gasteiger partial charge in [0.1, 0.15) is 0 Å². The van der Waals surface area contributed by atoms with Crippen LogP contribution in [0.2, 0.25) is 0 Å². The van der Waals surface area contributed by atoms with E-state index in [4.69, 9.17) is 4.74 Å². The number of ether oxygens (including phenoxy) is 1. The quantitative estimate of drug-likeness (QED) is 0.0321. The lowest BCUT2D eigenvalue weighted by atomic mass is 10.0. The molecule has 70 heavy (non-hydrogen) atoms. The molecule has 6 nitrogen and oxygen atoms in total. The smallest absolute Gasteiger partial charge is 0.305 e. The Morgan fingerprint density at radius 2 is 0.743 bits per heavy atom. The number of amides is 1. The van der Waals surface area contributed by atoms with Gasteiger partial charge in [0.25, 0.3) is 0 Å². The number of aliphatic hydroxyl groups excluding tert-OH is 2. The van der Waals surface area contributed by atoms with E-state index in [1.165, 1.54) is 257 Å². The fraction of sp³-hybridized carbons (Fsp3) is 0.875. The number of hydrogen-bond acceptors (Lipinski definition) is 5. The summed E-state index contributed by atoms with van der Waals surface area (Å²) in [7, 11) is 0. The van der Waals surface area contributed by atoms with Gasteiger partial charge in [-0.2, -0.15) is 0 Å². The van der Waals surface area contributed by atoms with E-state index in [-0.39, 0.29) is 18.5 Å². The molecule has 0 spiro atoms. The van der Waals surface area contributed by atoms with Crippen LogP contribution in [0.3, 0.4) is 0 Å². The molecule has 0 aliphatic rings. The molecule has 2 unspecified atom stereocenters. The van der Waals surface area contributed by atoms with Crippen LogP contribution in [0.25, 0.3) is 0 Å². The third kappa shape index (κ3) is 55.4. The van der Waals surface area contributed by atoms with E-state index < -0.39 is 12.1 Å². The van der Waals surface area contributed by atoms with Crippen molar-refractivity contribution >= 4 is 11.9 Å². The van der Waals surface area contributed by atoms with Gasteiger partial charge in [0.05, 0.1) is 25.4 Å². The predicted octanol–water partition coefficient (Wildman–Crippen LogP) is 19.6. The van der Waals surface area contributed by atoms with Crippen molar-refractivity contribution < 1.29 is 24.5 Å². The molecule has 0 bridgehead atoms. The maximum absolute atomic E-state index is 12.5. The molecule has 0 fully saturated rings. The minimum Gasteiger partial charge on any atom is -0.466 e. The minimum atomic E-state index is -0.844. The van der Waals surface area contributed by atoms with Crippen molar-refractivity contribution in [2.45, 2.75) is 347 Å². The second-order valence-electron chi connectivity index (χ2n) is 21.4. The van der Waals surface area contributed by atoms with Gasteiger partial charge in [-0.05, 0) is 57.8 Å². The molecule has 0 aliphatic heterocycles. The summed E-state index contributed by atoms with van der Waals surface area (Å²) < 4.78 is 5.47. The Morgan fingerprint density at radius 3 is 1.14 bits per heavy atom. The number of nitrogens with one attached hydrogen (secondary N) is 1. The first-order valence-corrected chi connectivity index (χ1v) is 31.3. The summed E-state index contributed by atoms with van der Waals surface area (Å²) >= 11 is 0. The van der Waals surface area contributed by atoms with Crippen molar-refractivity contribution in [3.63, 3.8) is 0 Å². The lowest BCUT2D eigenvalue weighted by Gasteiger charge is -2.20. The number of aliphatic hydroxyl groups is 2. The van der Waals surface area contributed by atoms with E-state index in [0.717, 1.165) is 51.4 Å². The molecule has 0 aromatic carbocycles. The van der Waals surface area contributed by atoms with Crippen molar-refractivity contribution in [2.75, 3.05) is 13.2 Å². The average molecular weight is 985 g/mol. The summed E-state index contributed by atoms with van der Waals surface area (Å²) in [5, 5.41) is 23.2. The number of esters is 1. The van der Waals surface area contributed by atoms with Gasteiger partial charge in [-0.15, -0.1) is 0 Å². The highest BCUT2D eigenvalue weighted by atomic mass is 16.5. The van der Waals surface area contributed by atoms with Gasteiger partial charge >= 0.3 is 5.97 Å². The monoisotopic (exact) mass is 984 g/mol. The van der Waals surface area contributed by atoms with Gasteiger partial charge in [0.15, 0.2) is 0 Å². The third-order valence-electron chi connectivity index (χ3n) is 14.4. The van der Waals surface area contributed by atoms with Crippen LogP contribution in [0, 0.1) is 0 Å². The fourth-order valence-electron chi connectivity index (χ4n) is 9.61. The molecule has 3 N–H and O–H groups in total. The van der Waals surface area contributed by atoms with Crippen molar-refractivity contribution in [3.8, 4) is 0 Å². The number of unbranched alkanes of at least 4 members (excludes halogenated alkanes) is 43. The van der Waals surface area contributed by atoms with Crippen LogP contribution in [-0.2, 0) is 14.3 Å². The maximum atomic E-state index is 12.5. The van der Waals surface area contributed by atoms with E-state index in [9.17, 15) is 19.8 Å². The number of allylic oxidation sites excluding steroid dienone is 5. The molecule has 1 amide bonds. The van der Waals surface area contributed by atoms with Crippen LogP contribution in [0.5, 0.6) is 0 Å². The Morgan fingerprint density at radius 1 is 0.400 bits per heavy atom. The molecule has 0 heterocycles. The van der Waals surface area contributed by atoms with Gasteiger partial charge in [-0.3, -0.25) is 9.59 Å². The first kappa shape index (κ1) is 68.1. The standard InChI is InChI=1S/C64H121NO5/c1-3-5-7-9-11-13-15-17-18-26-29-33-36-40-44-48-52-56-62(67)61(60-66)65-63(68)57-53-49-45-41-37-34-30-27-24-22-20-19-21-23-25-28-31-35-39-43-47-51-55-59-70-64(69)58-54-50-46-42-38-32-16-14-12-10-8-6-4-2/h8,10,14,16,52,56,61-62,66-67H,3-7,9,11-13,15,17-51,53-55,57-60H2,1-2H3,(H,65,68)/b10-8-,16-14-,56-52+. The largest absolute Gasteiger partial charge is 0.466 e. The molecule has 0 radical (unpaired) electrons. The Hall–Kier alpha value is -1.92. The van der Waals surface area contributed by atoms with Gasteiger partial charge < -0.3 is 20.3 Å². The van der Waals surface area contributed by atoms with Crippen LogP contribution >= 0.6 is 0 Å². The van der Waals surface area contributed by atoms with E-state index >= 15 is 0 Å². The van der Waals surface area contributed by atoms with Crippen molar-refractivity contribution in [3.05, 3.63) is 36.5 Å². The Labute approximate surface area is 436 Å². The van der Waals surface area contributed by atoms with Gasteiger partial charge in [0.2, 0.25) is 5.91 Å². The second kappa shape index (κ2) is 59.6. The highest BCUT2D eigenvalue weighted by Gasteiger charge is 2.18. The molecule has 412 valence electrons. The first-order chi connectivity index (χ1) is 34.5. The van der Waals surface area contributed by atoms with Gasteiger partial charge in [-0.25, -0.2) is 0 Å². The summed E-state index contributed by atoms with van der Waals surface area (Å²) in [4.78, 5) is 24.5. The van der Waals surface area contributed by atoms with Crippen LogP contribution in [0.15, 0.2) is 36.5 Å². The summed E-state index contributed by atoms with van der Waals surface area (Å²) in [6.07, 6.45) is 74.7. The average Bonchev–Trinajstić information content (AvgIpc) is 3.36. The van der Waals surface area contributed by atoms with Crippen LogP contribution in [0.1, 0.15) is 335 Å². The Kier molecular flexibility index (Phi) is 58.0. The highest BCUT2D eigenvalue weighted by molar-refractivity contribution is 5.76. The molecule has 0 aliphatic carbocycles. The van der Waals surface area contributed by atoms with E-state index in [0.29, 0.717) is 19.4 Å². The zero-order valence-corrected chi connectivity index (χ0v) is 47.0. The molecular formula is C64H121NO5. The lowest BCUT2D eigenvalue weighted by molar-refractivity contribution is -0.143. The topological polar surface area (TPSA) is 95.9 Å². The molecule has 0 aromatic rings. The van der Waals surface area contributed by atoms with Crippen LogP contribution in [0.4, 0.5) is 0 Å². The van der Waals surface area contributed by atoms with E-state index in [1.807, 2.05) is 6.08 Å². The SMILES string of the molecule is CCC/C=C\C/C=C\CCCCCCCC(=O)OCCCCCCCCCCCCCCCCCCCCCCCCCC(=O)NC(CO)C(O)/C=C/CCCCCCCCCCCCCCCCC. The van der Waals surface area contributed by atoms with Crippen molar-refractivity contribution in [1.29, 1.82) is 0 Å². The molecule has 0 aromatic heterocycles. The van der Waals surface area contributed by atoms with Crippen molar-refractivity contribution in [2.24, 2.45) is 0 Å². The number of rotatable bonds is 58.